The Labute approximate surface area is 130 Å². The molecular formula is C17H23NO4. The molecule has 0 aromatic carbocycles. The van der Waals surface area contributed by atoms with Crippen molar-refractivity contribution in [2.75, 3.05) is 0 Å². The average molecular weight is 305 g/mol. The van der Waals surface area contributed by atoms with Crippen LogP contribution in [0.3, 0.4) is 0 Å². The molecule has 3 rings (SSSR count). The molecule has 0 radical (unpaired) electrons. The van der Waals surface area contributed by atoms with Gasteiger partial charge in [-0.15, -0.1) is 0 Å². The maximum Gasteiger partial charge on any atom is 0.374 e. The Morgan fingerprint density at radius 1 is 1.32 bits per heavy atom. The van der Waals surface area contributed by atoms with Gasteiger partial charge in [0.2, 0.25) is 5.76 Å². The van der Waals surface area contributed by atoms with Gasteiger partial charge in [-0.25, -0.2) is 4.79 Å². The number of furan rings is 1. The fraction of sp³-hybridized carbons (Fsp3) is 0.647. The summed E-state index contributed by atoms with van der Waals surface area (Å²) in [5.74, 6) is 1.43. The first kappa shape index (κ1) is 15.1. The highest BCUT2D eigenvalue weighted by Gasteiger charge is 2.42. The van der Waals surface area contributed by atoms with Crippen molar-refractivity contribution in [1.29, 1.82) is 0 Å². The van der Waals surface area contributed by atoms with Crippen molar-refractivity contribution < 1.29 is 18.7 Å². The first-order valence-corrected chi connectivity index (χ1v) is 8.09. The average Bonchev–Trinajstić information content (AvgIpc) is 3.23. The molecular weight excluding hydrogens is 282 g/mol. The van der Waals surface area contributed by atoms with Gasteiger partial charge in [-0.2, -0.15) is 0 Å². The van der Waals surface area contributed by atoms with E-state index in [9.17, 15) is 9.59 Å². The molecule has 2 aliphatic carbocycles. The van der Waals surface area contributed by atoms with Crippen molar-refractivity contribution in [3.63, 3.8) is 0 Å². The van der Waals surface area contributed by atoms with E-state index in [-0.39, 0.29) is 17.7 Å². The minimum Gasteiger partial charge on any atom is -0.457 e. The molecule has 22 heavy (non-hydrogen) atoms. The Morgan fingerprint density at radius 2 is 2.14 bits per heavy atom. The first-order valence-electron chi connectivity index (χ1n) is 8.09. The lowest BCUT2D eigenvalue weighted by Gasteiger charge is -2.29. The summed E-state index contributed by atoms with van der Waals surface area (Å²) in [5, 5.41) is 3.01. The van der Waals surface area contributed by atoms with Gasteiger partial charge in [-0.3, -0.25) is 4.79 Å². The molecule has 0 saturated heterocycles. The summed E-state index contributed by atoms with van der Waals surface area (Å²) < 4.78 is 10.1. The zero-order valence-corrected chi connectivity index (χ0v) is 13.1. The monoisotopic (exact) mass is 305 g/mol. The van der Waals surface area contributed by atoms with Crippen LogP contribution in [0.1, 0.15) is 50.1 Å². The number of nitrogens with one attached hydrogen (secondary N) is 1. The summed E-state index contributed by atoms with van der Waals surface area (Å²) >= 11 is 0. The van der Waals surface area contributed by atoms with Gasteiger partial charge in [0, 0.05) is 6.04 Å². The number of esters is 1. The fourth-order valence-electron chi connectivity index (χ4n) is 4.02. The standard InChI is InChI=1S/C17H23NO4/c1-10(14-9-12-5-6-13(14)8-12)18-16(19)11(2)22-17(20)15-4-3-7-21-15/h3-4,7,10-14H,5-6,8-9H2,1-2H3,(H,18,19)/t10-,11+,12+,13+,14+/m1/s1. The summed E-state index contributed by atoms with van der Waals surface area (Å²) in [6.07, 6.45) is 5.75. The number of carbonyl (C=O) groups excluding carboxylic acids is 2. The second kappa shape index (κ2) is 6.15. The first-order chi connectivity index (χ1) is 10.5. The highest BCUT2D eigenvalue weighted by Crippen LogP contribution is 2.49. The van der Waals surface area contributed by atoms with Crippen LogP contribution in [0.25, 0.3) is 0 Å². The quantitative estimate of drug-likeness (QED) is 0.849. The van der Waals surface area contributed by atoms with E-state index < -0.39 is 12.1 Å². The van der Waals surface area contributed by atoms with Gasteiger partial charge < -0.3 is 14.5 Å². The fourth-order valence-corrected chi connectivity index (χ4v) is 4.02. The van der Waals surface area contributed by atoms with Crippen molar-refractivity contribution >= 4 is 11.9 Å². The third-order valence-corrected chi connectivity index (χ3v) is 5.18. The normalized spacial score (nSPS) is 29.1. The van der Waals surface area contributed by atoms with Crippen LogP contribution in [-0.4, -0.2) is 24.0 Å². The highest BCUT2D eigenvalue weighted by atomic mass is 16.6. The van der Waals surface area contributed by atoms with Crippen LogP contribution in [0, 0.1) is 17.8 Å². The van der Waals surface area contributed by atoms with E-state index in [0.717, 1.165) is 11.8 Å². The van der Waals surface area contributed by atoms with Crippen LogP contribution >= 0.6 is 0 Å². The molecule has 0 unspecified atom stereocenters. The second-order valence-electron chi connectivity index (χ2n) is 6.66. The highest BCUT2D eigenvalue weighted by molar-refractivity contribution is 5.90. The SMILES string of the molecule is C[C@H](OC(=O)c1ccco1)C(=O)N[C@H](C)[C@@H]1C[C@H]2CC[C@H]1C2. The number of carbonyl (C=O) groups is 2. The third kappa shape index (κ3) is 3.03. The molecule has 1 aromatic rings. The van der Waals surface area contributed by atoms with Gasteiger partial charge in [0.15, 0.2) is 6.10 Å². The van der Waals surface area contributed by atoms with Crippen LogP contribution in [0.2, 0.25) is 0 Å². The molecule has 1 heterocycles. The molecule has 1 N–H and O–H groups in total. The second-order valence-corrected chi connectivity index (χ2v) is 6.66. The lowest BCUT2D eigenvalue weighted by molar-refractivity contribution is -0.130. The predicted molar refractivity (Wildman–Crippen MR) is 80.1 cm³/mol. The third-order valence-electron chi connectivity index (χ3n) is 5.18. The largest absolute Gasteiger partial charge is 0.457 e. The van der Waals surface area contributed by atoms with E-state index in [0.29, 0.717) is 5.92 Å². The topological polar surface area (TPSA) is 68.5 Å². The van der Waals surface area contributed by atoms with Gasteiger partial charge in [-0.05, 0) is 63.0 Å². The minimum absolute atomic E-state index is 0.112. The molecule has 2 aliphatic rings. The molecule has 2 bridgehead atoms. The Bertz CT molecular complexity index is 539. The Kier molecular flexibility index (Phi) is 4.23. The summed E-state index contributed by atoms with van der Waals surface area (Å²) in [6.45, 7) is 3.65. The lowest BCUT2D eigenvalue weighted by Crippen LogP contribution is -2.45. The zero-order chi connectivity index (χ0) is 15.7. The minimum atomic E-state index is -0.821. The van der Waals surface area contributed by atoms with Gasteiger partial charge in [0.1, 0.15) is 0 Å². The van der Waals surface area contributed by atoms with Crippen LogP contribution in [0.5, 0.6) is 0 Å². The molecule has 1 amide bonds. The van der Waals surface area contributed by atoms with E-state index in [1.807, 2.05) is 0 Å². The molecule has 5 nitrogen and oxygen atoms in total. The number of amides is 1. The predicted octanol–water partition coefficient (Wildman–Crippen LogP) is 2.77. The lowest BCUT2D eigenvalue weighted by atomic mass is 9.84. The van der Waals surface area contributed by atoms with Crippen molar-refractivity contribution in [3.05, 3.63) is 24.2 Å². The summed E-state index contributed by atoms with van der Waals surface area (Å²) in [4.78, 5) is 24.0. The Balaban J connectivity index is 1.49. The van der Waals surface area contributed by atoms with Gasteiger partial charge in [-0.1, -0.05) is 6.42 Å². The molecule has 0 aliphatic heterocycles. The van der Waals surface area contributed by atoms with E-state index in [4.69, 9.17) is 9.15 Å². The molecule has 0 spiro atoms. The molecule has 5 heteroatoms. The Morgan fingerprint density at radius 3 is 2.73 bits per heavy atom. The number of fused-ring (bicyclic) bond motifs is 2. The van der Waals surface area contributed by atoms with Crippen LogP contribution in [-0.2, 0) is 9.53 Å². The molecule has 1 aromatic heterocycles. The van der Waals surface area contributed by atoms with Gasteiger partial charge >= 0.3 is 5.97 Å². The van der Waals surface area contributed by atoms with Crippen LogP contribution < -0.4 is 5.32 Å². The molecule has 2 saturated carbocycles. The summed E-state index contributed by atoms with van der Waals surface area (Å²) in [6, 6.07) is 3.26. The zero-order valence-electron chi connectivity index (χ0n) is 13.1. The van der Waals surface area contributed by atoms with E-state index in [1.54, 1.807) is 13.0 Å². The maximum atomic E-state index is 12.2. The van der Waals surface area contributed by atoms with Crippen molar-refractivity contribution in [2.24, 2.45) is 17.8 Å². The van der Waals surface area contributed by atoms with E-state index >= 15 is 0 Å². The number of rotatable bonds is 5. The van der Waals surface area contributed by atoms with Crippen molar-refractivity contribution in [3.8, 4) is 0 Å². The van der Waals surface area contributed by atoms with Gasteiger partial charge in [0.25, 0.3) is 5.91 Å². The number of hydrogen-bond acceptors (Lipinski definition) is 4. The van der Waals surface area contributed by atoms with Crippen LogP contribution in [0.4, 0.5) is 0 Å². The molecule has 5 atom stereocenters. The van der Waals surface area contributed by atoms with Crippen molar-refractivity contribution in [2.45, 2.75) is 51.7 Å². The Hall–Kier alpha value is -1.78. The maximum absolute atomic E-state index is 12.2. The molecule has 2 fully saturated rings. The number of hydrogen-bond donors (Lipinski definition) is 1. The molecule has 120 valence electrons. The summed E-state index contributed by atoms with van der Waals surface area (Å²) in [5.41, 5.74) is 0. The van der Waals surface area contributed by atoms with Crippen molar-refractivity contribution in [1.82, 2.24) is 5.32 Å². The van der Waals surface area contributed by atoms with E-state index in [2.05, 4.69) is 12.2 Å². The van der Waals surface area contributed by atoms with E-state index in [1.165, 1.54) is 38.0 Å². The summed E-state index contributed by atoms with van der Waals surface area (Å²) in [7, 11) is 0. The number of ether oxygens (including phenoxy) is 1. The van der Waals surface area contributed by atoms with Crippen LogP contribution in [0.15, 0.2) is 22.8 Å². The van der Waals surface area contributed by atoms with Gasteiger partial charge in [0.05, 0.1) is 6.26 Å². The smallest absolute Gasteiger partial charge is 0.374 e.